The maximum absolute atomic E-state index is 13.1. The summed E-state index contributed by atoms with van der Waals surface area (Å²) in [5, 5.41) is 12.0. The Labute approximate surface area is 198 Å². The van der Waals surface area contributed by atoms with E-state index in [4.69, 9.17) is 0 Å². The van der Waals surface area contributed by atoms with Crippen molar-refractivity contribution >= 4 is 34.9 Å². The minimum absolute atomic E-state index is 0. The van der Waals surface area contributed by atoms with Gasteiger partial charge in [-0.25, -0.2) is 4.39 Å². The first-order chi connectivity index (χ1) is 15.5. The number of aromatic amines is 1. The topological polar surface area (TPSA) is 74.7 Å². The summed E-state index contributed by atoms with van der Waals surface area (Å²) in [7, 11) is 1.94. The van der Waals surface area contributed by atoms with Gasteiger partial charge in [0.1, 0.15) is 5.82 Å². The Morgan fingerprint density at radius 2 is 2.06 bits per heavy atom. The van der Waals surface area contributed by atoms with Gasteiger partial charge in [-0.15, -0.1) is 12.4 Å². The average Bonchev–Trinajstić information content (AvgIpc) is 3.37. The van der Waals surface area contributed by atoms with Crippen LogP contribution in [0.2, 0.25) is 0 Å². The molecule has 0 saturated carbocycles. The van der Waals surface area contributed by atoms with Crippen molar-refractivity contribution in [3.63, 3.8) is 0 Å². The zero-order valence-corrected chi connectivity index (χ0v) is 19.2. The number of fused-ring (bicyclic) bond motifs is 3. The molecule has 1 unspecified atom stereocenters. The van der Waals surface area contributed by atoms with Crippen molar-refractivity contribution in [2.45, 2.75) is 31.7 Å². The molecule has 33 heavy (non-hydrogen) atoms. The van der Waals surface area contributed by atoms with Crippen LogP contribution in [0.3, 0.4) is 0 Å². The molecule has 0 spiro atoms. The monoisotopic (exact) mass is 467 g/mol. The predicted molar refractivity (Wildman–Crippen MR) is 131 cm³/mol. The van der Waals surface area contributed by atoms with E-state index in [0.29, 0.717) is 11.6 Å². The lowest BCUT2D eigenvalue weighted by Crippen LogP contribution is -2.35. The lowest BCUT2D eigenvalue weighted by atomic mass is 9.91. The summed E-state index contributed by atoms with van der Waals surface area (Å²) in [6, 6.07) is 11.9. The number of halogens is 2. The number of aromatic nitrogens is 3. The summed E-state index contributed by atoms with van der Waals surface area (Å²) in [5.41, 5.74) is 6.10. The first-order valence-corrected chi connectivity index (χ1v) is 11.0. The molecule has 3 N–H and O–H groups in total. The highest BCUT2D eigenvalue weighted by molar-refractivity contribution is 6.05. The van der Waals surface area contributed by atoms with E-state index in [1.807, 2.05) is 36.1 Å². The standard InChI is InChI=1S/C25H26FN5O.ClH/c1-31-15-16(14-28-31)10-11-27-19-6-8-23-21(12-19)22-13-20(7-9-24(22)30-23)29-25(32)17-2-4-18(26)5-3-17;/h2-5,7,9,13-15,19,27,30H,6,8,10-12H2,1H3,(H,29,32);1H. The molecule has 0 bridgehead atoms. The molecule has 1 aliphatic rings. The number of H-pyrrole nitrogens is 1. The van der Waals surface area contributed by atoms with E-state index in [-0.39, 0.29) is 24.1 Å². The fourth-order valence-corrected chi connectivity index (χ4v) is 4.50. The fraction of sp³-hybridized carbons (Fsp3) is 0.280. The largest absolute Gasteiger partial charge is 0.358 e. The van der Waals surface area contributed by atoms with Crippen LogP contribution in [0.4, 0.5) is 10.1 Å². The van der Waals surface area contributed by atoms with E-state index >= 15 is 0 Å². The second-order valence-corrected chi connectivity index (χ2v) is 8.47. The van der Waals surface area contributed by atoms with E-state index < -0.39 is 0 Å². The Balaban J connectivity index is 0.00000259. The third-order valence-electron chi connectivity index (χ3n) is 6.16. The van der Waals surface area contributed by atoms with Gasteiger partial charge >= 0.3 is 0 Å². The molecule has 1 aliphatic carbocycles. The zero-order valence-electron chi connectivity index (χ0n) is 18.4. The summed E-state index contributed by atoms with van der Waals surface area (Å²) >= 11 is 0. The molecular formula is C25H27ClFN5O. The van der Waals surface area contributed by atoms with E-state index in [2.05, 4.69) is 26.9 Å². The smallest absolute Gasteiger partial charge is 0.255 e. The van der Waals surface area contributed by atoms with Crippen LogP contribution in [-0.2, 0) is 26.3 Å². The van der Waals surface area contributed by atoms with Gasteiger partial charge < -0.3 is 15.6 Å². The third-order valence-corrected chi connectivity index (χ3v) is 6.16. The predicted octanol–water partition coefficient (Wildman–Crippen LogP) is 4.40. The van der Waals surface area contributed by atoms with Crippen LogP contribution < -0.4 is 10.6 Å². The van der Waals surface area contributed by atoms with Crippen molar-refractivity contribution in [1.29, 1.82) is 0 Å². The SMILES string of the molecule is Cl.Cn1cc(CCNC2CCc3[nH]c4ccc(NC(=O)c5ccc(F)cc5)cc4c3C2)cn1. The first-order valence-electron chi connectivity index (χ1n) is 11.0. The Bertz CT molecular complexity index is 1260. The molecule has 5 rings (SSSR count). The quantitative estimate of drug-likeness (QED) is 0.393. The molecular weight excluding hydrogens is 441 g/mol. The van der Waals surface area contributed by atoms with Crippen LogP contribution in [0.1, 0.15) is 33.6 Å². The lowest BCUT2D eigenvalue weighted by molar-refractivity contribution is 0.102. The molecule has 6 nitrogen and oxygen atoms in total. The second kappa shape index (κ2) is 9.77. The number of hydrogen-bond donors (Lipinski definition) is 3. The molecule has 2 aromatic carbocycles. The second-order valence-electron chi connectivity index (χ2n) is 8.47. The highest BCUT2D eigenvalue weighted by atomic mass is 35.5. The summed E-state index contributed by atoms with van der Waals surface area (Å²) in [5.74, 6) is -0.603. The normalized spacial score (nSPS) is 15.2. The van der Waals surface area contributed by atoms with Gasteiger partial charge in [0.05, 0.1) is 6.20 Å². The van der Waals surface area contributed by atoms with Crippen LogP contribution in [0.5, 0.6) is 0 Å². The van der Waals surface area contributed by atoms with Crippen LogP contribution in [0, 0.1) is 5.82 Å². The number of nitrogens with zero attached hydrogens (tertiary/aromatic N) is 2. The van der Waals surface area contributed by atoms with Gasteiger partial charge in [0.15, 0.2) is 0 Å². The number of anilines is 1. The molecule has 1 atom stereocenters. The summed E-state index contributed by atoms with van der Waals surface area (Å²) in [6.45, 7) is 0.924. The molecule has 0 aliphatic heterocycles. The number of hydrogen-bond acceptors (Lipinski definition) is 3. The van der Waals surface area contributed by atoms with Gasteiger partial charge in [-0.2, -0.15) is 5.10 Å². The first kappa shape index (κ1) is 23.0. The van der Waals surface area contributed by atoms with Crippen molar-refractivity contribution in [3.8, 4) is 0 Å². The van der Waals surface area contributed by atoms with Crippen molar-refractivity contribution in [2.75, 3.05) is 11.9 Å². The molecule has 0 radical (unpaired) electrons. The summed E-state index contributed by atoms with van der Waals surface area (Å²) in [6.07, 6.45) is 8.00. The van der Waals surface area contributed by atoms with Gasteiger partial charge in [-0.1, -0.05) is 0 Å². The van der Waals surface area contributed by atoms with Gasteiger partial charge in [-0.05, 0) is 85.8 Å². The molecule has 2 heterocycles. The Morgan fingerprint density at radius 3 is 2.82 bits per heavy atom. The number of rotatable bonds is 6. The van der Waals surface area contributed by atoms with Crippen LogP contribution in [-0.4, -0.2) is 33.3 Å². The average molecular weight is 468 g/mol. The molecule has 172 valence electrons. The van der Waals surface area contributed by atoms with E-state index in [1.165, 1.54) is 41.1 Å². The number of carbonyl (C=O) groups is 1. The van der Waals surface area contributed by atoms with Crippen molar-refractivity contribution < 1.29 is 9.18 Å². The number of amides is 1. The maximum atomic E-state index is 13.1. The molecule has 1 amide bonds. The molecule has 0 saturated heterocycles. The summed E-state index contributed by atoms with van der Waals surface area (Å²) in [4.78, 5) is 16.1. The fourth-order valence-electron chi connectivity index (χ4n) is 4.50. The highest BCUT2D eigenvalue weighted by Crippen LogP contribution is 2.31. The van der Waals surface area contributed by atoms with Crippen molar-refractivity contribution in [3.05, 3.63) is 83.1 Å². The molecule has 4 aromatic rings. The van der Waals surface area contributed by atoms with E-state index in [9.17, 15) is 9.18 Å². The van der Waals surface area contributed by atoms with E-state index in [0.717, 1.165) is 48.8 Å². The van der Waals surface area contributed by atoms with Crippen molar-refractivity contribution in [1.82, 2.24) is 20.1 Å². The Hall–Kier alpha value is -3.16. The van der Waals surface area contributed by atoms with Crippen LogP contribution in [0.15, 0.2) is 54.9 Å². The number of nitrogens with one attached hydrogen (secondary N) is 3. The zero-order chi connectivity index (χ0) is 22.1. The van der Waals surface area contributed by atoms with Gasteiger partial charge in [-0.3, -0.25) is 9.48 Å². The van der Waals surface area contributed by atoms with Gasteiger partial charge in [0.2, 0.25) is 0 Å². The van der Waals surface area contributed by atoms with Crippen molar-refractivity contribution in [2.24, 2.45) is 7.05 Å². The number of carbonyl (C=O) groups excluding carboxylic acids is 1. The van der Waals surface area contributed by atoms with Crippen LogP contribution >= 0.6 is 12.4 Å². The minimum atomic E-state index is -0.356. The Kier molecular flexibility index (Phi) is 6.81. The molecule has 8 heteroatoms. The van der Waals surface area contributed by atoms with E-state index in [1.54, 1.807) is 0 Å². The third kappa shape index (κ3) is 5.10. The van der Waals surface area contributed by atoms with Crippen LogP contribution in [0.25, 0.3) is 10.9 Å². The Morgan fingerprint density at radius 1 is 1.24 bits per heavy atom. The minimum Gasteiger partial charge on any atom is -0.358 e. The molecule has 2 aromatic heterocycles. The number of aryl methyl sites for hydroxylation is 2. The lowest BCUT2D eigenvalue weighted by Gasteiger charge is -2.23. The number of benzene rings is 2. The summed E-state index contributed by atoms with van der Waals surface area (Å²) < 4.78 is 15.0. The van der Waals surface area contributed by atoms with Gasteiger partial charge in [0.25, 0.3) is 5.91 Å². The maximum Gasteiger partial charge on any atom is 0.255 e. The van der Waals surface area contributed by atoms with Gasteiger partial charge in [0, 0.05) is 47.1 Å². The molecule has 0 fully saturated rings. The highest BCUT2D eigenvalue weighted by Gasteiger charge is 2.22.